The number of Topliss-reactive ketones (excluding diaryl/α,β-unsaturated/α-hetero) is 1. The standard InChI is InChI=1S/C30H42N3O11P/c1-29-9-7-16(34)11-15(29)3-4-17-18-5-6-19(30(18,2)12-20(35)24(17)29)21(36)13-42-45(40,41)43-14-22-25(37)26(38)27(44-22)33-10-8-23(31)32-28(33)39/h8,10-11,17-20,22,24-27,35,37-38H,3-7,9,12-14H2,1-2H3,(H,40,41)(H2,31,32,39)/t17-,18-,19+,20-,22+,24+,25+,26-,27+,29-,30-/m0/s1. The van der Waals surface area contributed by atoms with E-state index >= 15 is 0 Å². The quantitative estimate of drug-likeness (QED) is 0.250. The zero-order valence-electron chi connectivity index (χ0n) is 25.4. The normalized spacial score (nSPS) is 42.3. The Morgan fingerprint density at radius 3 is 2.64 bits per heavy atom. The first-order valence-electron chi connectivity index (χ1n) is 15.6. The van der Waals surface area contributed by atoms with Gasteiger partial charge in [-0.1, -0.05) is 19.4 Å². The highest BCUT2D eigenvalue weighted by atomic mass is 31.2. The average molecular weight is 652 g/mol. The molecule has 248 valence electrons. The Labute approximate surface area is 260 Å². The van der Waals surface area contributed by atoms with Gasteiger partial charge < -0.3 is 30.7 Å². The van der Waals surface area contributed by atoms with Crippen molar-refractivity contribution in [3.05, 3.63) is 34.4 Å². The van der Waals surface area contributed by atoms with Gasteiger partial charge in [-0.3, -0.25) is 23.2 Å². The number of anilines is 1. The number of ketones is 2. The molecule has 15 heteroatoms. The Bertz CT molecular complexity index is 1500. The van der Waals surface area contributed by atoms with Crippen molar-refractivity contribution in [2.24, 2.45) is 34.5 Å². The lowest BCUT2D eigenvalue weighted by Gasteiger charge is -2.59. The molecule has 2 heterocycles. The van der Waals surface area contributed by atoms with Crippen LogP contribution in [-0.2, 0) is 27.9 Å². The number of hydrogen-bond donors (Lipinski definition) is 5. The van der Waals surface area contributed by atoms with E-state index in [0.717, 1.165) is 35.8 Å². The molecule has 0 bridgehead atoms. The van der Waals surface area contributed by atoms with E-state index < -0.39 is 68.7 Å². The van der Waals surface area contributed by atoms with E-state index in [1.165, 1.54) is 12.3 Å². The Balaban J connectivity index is 1.06. The van der Waals surface area contributed by atoms with Gasteiger partial charge in [0.1, 0.15) is 30.7 Å². The van der Waals surface area contributed by atoms with Crippen molar-refractivity contribution in [3.8, 4) is 0 Å². The summed E-state index contributed by atoms with van der Waals surface area (Å²) in [4.78, 5) is 51.6. The van der Waals surface area contributed by atoms with Gasteiger partial charge in [-0.15, -0.1) is 0 Å². The van der Waals surface area contributed by atoms with Gasteiger partial charge in [-0.05, 0) is 79.3 Å². The first-order valence-corrected chi connectivity index (χ1v) is 17.1. The molecule has 1 aromatic rings. The molecular formula is C30H42N3O11P. The van der Waals surface area contributed by atoms with Gasteiger partial charge in [0, 0.05) is 18.5 Å². The van der Waals surface area contributed by atoms with Gasteiger partial charge in [0.25, 0.3) is 0 Å². The van der Waals surface area contributed by atoms with Crippen molar-refractivity contribution in [2.75, 3.05) is 18.9 Å². The molecule has 3 saturated carbocycles. The molecule has 0 radical (unpaired) electrons. The maximum Gasteiger partial charge on any atom is 0.472 e. The number of nitrogen functional groups attached to an aromatic ring is 1. The van der Waals surface area contributed by atoms with Crippen LogP contribution in [0.5, 0.6) is 0 Å². The molecule has 0 amide bonds. The number of aliphatic hydroxyl groups is 3. The summed E-state index contributed by atoms with van der Waals surface area (Å²) in [6.07, 6.45) is 1.26. The first-order chi connectivity index (χ1) is 21.1. The zero-order valence-corrected chi connectivity index (χ0v) is 26.3. The van der Waals surface area contributed by atoms with E-state index in [4.69, 9.17) is 19.5 Å². The number of aromatic nitrogens is 2. The summed E-state index contributed by atoms with van der Waals surface area (Å²) in [5, 5.41) is 32.4. The van der Waals surface area contributed by atoms with Gasteiger partial charge in [-0.2, -0.15) is 4.98 Å². The third-order valence-electron chi connectivity index (χ3n) is 11.5. The Kier molecular flexibility index (Phi) is 8.52. The number of fused-ring (bicyclic) bond motifs is 5. The number of nitrogens with two attached hydrogens (primary N) is 1. The highest BCUT2D eigenvalue weighted by molar-refractivity contribution is 7.47. The minimum Gasteiger partial charge on any atom is -0.393 e. The van der Waals surface area contributed by atoms with E-state index in [0.29, 0.717) is 19.3 Å². The molecule has 4 aliphatic carbocycles. The lowest BCUT2D eigenvalue weighted by molar-refractivity contribution is -0.146. The molecule has 1 saturated heterocycles. The van der Waals surface area contributed by atoms with Crippen molar-refractivity contribution in [2.45, 2.75) is 89.4 Å². The predicted octanol–water partition coefficient (Wildman–Crippen LogP) is 1.27. The van der Waals surface area contributed by atoms with Crippen LogP contribution < -0.4 is 11.4 Å². The van der Waals surface area contributed by atoms with E-state index in [2.05, 4.69) is 11.9 Å². The molecule has 12 atom stereocenters. The maximum absolute atomic E-state index is 13.5. The van der Waals surface area contributed by atoms with Crippen LogP contribution >= 0.6 is 7.82 Å². The molecule has 1 aromatic heterocycles. The summed E-state index contributed by atoms with van der Waals surface area (Å²) in [5.74, 6) is -0.305. The van der Waals surface area contributed by atoms with Crippen LogP contribution in [0.3, 0.4) is 0 Å². The maximum atomic E-state index is 13.5. The second kappa shape index (κ2) is 11.7. The number of phosphoric acid groups is 1. The summed E-state index contributed by atoms with van der Waals surface area (Å²) in [6, 6.07) is 1.31. The fraction of sp³-hybridized carbons (Fsp3) is 0.733. The number of ether oxygens (including phenoxy) is 1. The van der Waals surface area contributed by atoms with Gasteiger partial charge in [0.05, 0.1) is 12.7 Å². The summed E-state index contributed by atoms with van der Waals surface area (Å²) in [6.45, 7) is 2.85. The molecule has 45 heavy (non-hydrogen) atoms. The number of hydrogen-bond acceptors (Lipinski definition) is 12. The monoisotopic (exact) mass is 651 g/mol. The molecule has 1 aliphatic heterocycles. The number of nitrogens with zero attached hydrogens (tertiary/aromatic N) is 2. The topological polar surface area (TPSA) is 221 Å². The fourth-order valence-electron chi connectivity index (χ4n) is 9.38. The van der Waals surface area contributed by atoms with Crippen molar-refractivity contribution in [1.29, 1.82) is 0 Å². The van der Waals surface area contributed by atoms with Crippen molar-refractivity contribution in [3.63, 3.8) is 0 Å². The molecule has 5 aliphatic rings. The number of aliphatic hydroxyl groups excluding tert-OH is 3. The number of phosphoric ester groups is 1. The van der Waals surface area contributed by atoms with E-state index in [-0.39, 0.29) is 40.6 Å². The minimum atomic E-state index is -4.79. The van der Waals surface area contributed by atoms with Crippen LogP contribution in [0.25, 0.3) is 0 Å². The average Bonchev–Trinajstić information content (AvgIpc) is 3.46. The summed E-state index contributed by atoms with van der Waals surface area (Å²) in [5.41, 5.74) is 5.05. The third kappa shape index (κ3) is 5.67. The van der Waals surface area contributed by atoms with Crippen LogP contribution in [0.15, 0.2) is 28.7 Å². The van der Waals surface area contributed by atoms with Crippen LogP contribution in [0.1, 0.15) is 65.0 Å². The number of carbonyl (C=O) groups excluding carboxylic acids is 2. The van der Waals surface area contributed by atoms with Crippen LogP contribution in [0, 0.1) is 34.5 Å². The summed E-state index contributed by atoms with van der Waals surface area (Å²) >= 11 is 0. The Morgan fingerprint density at radius 1 is 1.16 bits per heavy atom. The lowest BCUT2D eigenvalue weighted by Crippen LogP contribution is -2.57. The van der Waals surface area contributed by atoms with E-state index in [9.17, 15) is 39.2 Å². The zero-order chi connectivity index (χ0) is 32.5. The molecule has 4 fully saturated rings. The second-order valence-electron chi connectivity index (χ2n) is 13.9. The number of rotatable bonds is 8. The SMILES string of the molecule is C[C@]12C[C@H](O)[C@H]3[C@@H](CCC4=CC(=O)CC[C@@]43C)[C@@H]1CC[C@@H]2C(=O)COP(=O)(O)OC[C@H]1O[C@@H](n2ccc(N)nc2=O)[C@@H](O)[C@@H]1O. The van der Waals surface area contributed by atoms with Gasteiger partial charge in [0.2, 0.25) is 0 Å². The molecule has 1 unspecified atom stereocenters. The molecule has 6 N–H and O–H groups in total. The molecule has 6 rings (SSSR count). The smallest absolute Gasteiger partial charge is 0.393 e. The highest BCUT2D eigenvalue weighted by Crippen LogP contribution is 2.66. The van der Waals surface area contributed by atoms with Crippen molar-refractivity contribution in [1.82, 2.24) is 9.55 Å². The second-order valence-corrected chi connectivity index (χ2v) is 15.3. The fourth-order valence-corrected chi connectivity index (χ4v) is 10.1. The summed E-state index contributed by atoms with van der Waals surface area (Å²) < 4.78 is 29.3. The minimum absolute atomic E-state index is 0.0148. The van der Waals surface area contributed by atoms with Gasteiger partial charge in [-0.25, -0.2) is 9.36 Å². The molecule has 14 nitrogen and oxygen atoms in total. The van der Waals surface area contributed by atoms with Crippen LogP contribution in [-0.4, -0.2) is 79.0 Å². The first kappa shape index (κ1) is 32.6. The third-order valence-corrected chi connectivity index (χ3v) is 12.4. The molecule has 0 aromatic carbocycles. The summed E-state index contributed by atoms with van der Waals surface area (Å²) in [7, 11) is -4.79. The Morgan fingerprint density at radius 2 is 1.91 bits per heavy atom. The molecular weight excluding hydrogens is 609 g/mol. The highest BCUT2D eigenvalue weighted by Gasteiger charge is 2.63. The van der Waals surface area contributed by atoms with Crippen molar-refractivity contribution < 1.29 is 48.2 Å². The van der Waals surface area contributed by atoms with Crippen LogP contribution in [0.4, 0.5) is 5.82 Å². The van der Waals surface area contributed by atoms with E-state index in [1.807, 2.05) is 6.92 Å². The number of allylic oxidation sites excluding steroid dienone is 1. The van der Waals surface area contributed by atoms with Gasteiger partial charge in [0.15, 0.2) is 17.8 Å². The Hall–Kier alpha value is -2.29. The van der Waals surface area contributed by atoms with Crippen molar-refractivity contribution >= 4 is 25.2 Å². The van der Waals surface area contributed by atoms with E-state index in [1.54, 1.807) is 6.08 Å². The van der Waals surface area contributed by atoms with Gasteiger partial charge >= 0.3 is 13.5 Å². The largest absolute Gasteiger partial charge is 0.472 e. The molecule has 0 spiro atoms. The number of carbonyl (C=O) groups is 2. The van der Waals surface area contributed by atoms with Crippen LogP contribution in [0.2, 0.25) is 0 Å². The predicted molar refractivity (Wildman–Crippen MR) is 157 cm³/mol. The lowest BCUT2D eigenvalue weighted by atomic mass is 9.46.